The summed E-state index contributed by atoms with van der Waals surface area (Å²) < 4.78 is 0. The fraction of sp³-hybridized carbons (Fsp3) is 0.125. The molecule has 4 rings (SSSR count). The molecule has 0 N–H and O–H groups in total. The summed E-state index contributed by atoms with van der Waals surface area (Å²) in [5, 5.41) is 16.8. The van der Waals surface area contributed by atoms with E-state index in [9.17, 15) is 10.1 Å². The summed E-state index contributed by atoms with van der Waals surface area (Å²) in [4.78, 5) is 14.3. The third-order valence-electron chi connectivity index (χ3n) is 5.33. The monoisotopic (exact) mass is 448 g/mol. The molecule has 1 heterocycles. The highest BCUT2D eigenvalue weighted by Crippen LogP contribution is 2.36. The van der Waals surface area contributed by atoms with Gasteiger partial charge in [0.2, 0.25) is 0 Å². The molecule has 0 bridgehead atoms. The van der Waals surface area contributed by atoms with Gasteiger partial charge in [0.05, 0.1) is 23.4 Å². The molecule has 31 heavy (non-hydrogen) atoms. The predicted molar refractivity (Wildman–Crippen MR) is 123 cm³/mol. The minimum Gasteiger partial charge on any atom is -0.245 e. The van der Waals surface area contributed by atoms with Crippen LogP contribution >= 0.6 is 23.2 Å². The second-order valence-electron chi connectivity index (χ2n) is 7.41. The Morgan fingerprint density at radius 2 is 1.58 bits per heavy atom. The number of urea groups is 1. The second-order valence-corrected chi connectivity index (χ2v) is 8.28. The van der Waals surface area contributed by atoms with E-state index in [0.29, 0.717) is 22.3 Å². The Morgan fingerprint density at radius 3 is 2.16 bits per heavy atom. The van der Waals surface area contributed by atoms with Gasteiger partial charge in [-0.05, 0) is 54.4 Å². The number of nitriles is 1. The van der Waals surface area contributed by atoms with Crippen LogP contribution in [0.1, 0.15) is 18.1 Å². The van der Waals surface area contributed by atoms with Crippen molar-refractivity contribution in [2.75, 3.05) is 11.4 Å². The number of hydrogen-bond acceptors (Lipinski definition) is 3. The molecule has 3 aromatic rings. The van der Waals surface area contributed by atoms with Crippen molar-refractivity contribution in [2.45, 2.75) is 12.3 Å². The van der Waals surface area contributed by atoms with Gasteiger partial charge in [0.1, 0.15) is 0 Å². The molecule has 1 aliphatic rings. The fourth-order valence-electron chi connectivity index (χ4n) is 3.69. The highest BCUT2D eigenvalue weighted by Gasteiger charge is 2.43. The summed E-state index contributed by atoms with van der Waals surface area (Å²) in [7, 11) is 0. The van der Waals surface area contributed by atoms with Crippen LogP contribution < -0.4 is 4.90 Å². The van der Waals surface area contributed by atoms with E-state index in [4.69, 9.17) is 23.2 Å². The van der Waals surface area contributed by atoms with Crippen molar-refractivity contribution < 1.29 is 4.79 Å². The van der Waals surface area contributed by atoms with E-state index in [1.54, 1.807) is 36.4 Å². The number of benzene rings is 3. The molecule has 0 spiro atoms. The van der Waals surface area contributed by atoms with Crippen molar-refractivity contribution >= 4 is 40.6 Å². The number of anilines is 1. The summed E-state index contributed by atoms with van der Waals surface area (Å²) in [6, 6.07) is 23.2. The van der Waals surface area contributed by atoms with Gasteiger partial charge < -0.3 is 0 Å². The standard InChI is InChI=1S/C24H18Cl2N4O/c1-24(18-5-3-2-4-6-18)15-30(28-22(24)17-7-9-19(25)10-8-17)23(31)29(16-27)21-13-11-20(26)12-14-21/h2-14H,15H2,1H3. The van der Waals surface area contributed by atoms with Gasteiger partial charge in [-0.25, -0.2) is 9.80 Å². The van der Waals surface area contributed by atoms with Gasteiger partial charge in [-0.15, -0.1) is 0 Å². The molecule has 0 aliphatic carbocycles. The van der Waals surface area contributed by atoms with Crippen LogP contribution in [0.4, 0.5) is 10.5 Å². The van der Waals surface area contributed by atoms with E-state index in [1.807, 2.05) is 55.6 Å². The third-order valence-corrected chi connectivity index (χ3v) is 5.84. The Morgan fingerprint density at radius 1 is 1.00 bits per heavy atom. The summed E-state index contributed by atoms with van der Waals surface area (Å²) in [6.07, 6.45) is 1.96. The second kappa shape index (κ2) is 8.43. The summed E-state index contributed by atoms with van der Waals surface area (Å²) >= 11 is 12.0. The van der Waals surface area contributed by atoms with Gasteiger partial charge in [0.25, 0.3) is 0 Å². The van der Waals surface area contributed by atoms with Gasteiger partial charge in [0, 0.05) is 10.0 Å². The van der Waals surface area contributed by atoms with Crippen molar-refractivity contribution in [2.24, 2.45) is 5.10 Å². The first kappa shape index (κ1) is 20.9. The number of carbonyl (C=O) groups excluding carboxylic acids is 1. The van der Waals surface area contributed by atoms with Gasteiger partial charge in [-0.1, -0.05) is 65.7 Å². The van der Waals surface area contributed by atoms with E-state index in [2.05, 4.69) is 5.10 Å². The summed E-state index contributed by atoms with van der Waals surface area (Å²) in [5.41, 5.74) is 2.48. The Balaban J connectivity index is 1.75. The molecule has 1 atom stereocenters. The van der Waals surface area contributed by atoms with E-state index < -0.39 is 11.4 Å². The first-order valence-corrected chi connectivity index (χ1v) is 10.4. The maximum atomic E-state index is 13.3. The van der Waals surface area contributed by atoms with E-state index in [-0.39, 0.29) is 0 Å². The summed E-state index contributed by atoms with van der Waals surface area (Å²) in [6.45, 7) is 2.33. The average molecular weight is 449 g/mol. The third kappa shape index (κ3) is 4.00. The molecule has 0 fully saturated rings. The normalized spacial score (nSPS) is 17.7. The number of halogens is 2. The lowest BCUT2D eigenvalue weighted by atomic mass is 9.76. The lowest BCUT2D eigenvalue weighted by Crippen LogP contribution is -2.41. The molecule has 0 saturated carbocycles. The SMILES string of the molecule is CC1(c2ccccc2)CN(C(=O)N(C#N)c2ccc(Cl)cc2)N=C1c1ccc(Cl)cc1. The predicted octanol–water partition coefficient (Wildman–Crippen LogP) is 6.08. The Kier molecular flexibility index (Phi) is 5.69. The van der Waals surface area contributed by atoms with Crippen LogP contribution in [-0.2, 0) is 5.41 Å². The molecule has 1 unspecified atom stereocenters. The number of amides is 2. The maximum absolute atomic E-state index is 13.3. The molecule has 1 aliphatic heterocycles. The number of nitrogens with zero attached hydrogens (tertiary/aromatic N) is 4. The van der Waals surface area contributed by atoms with Crippen LogP contribution in [0.3, 0.4) is 0 Å². The van der Waals surface area contributed by atoms with E-state index in [1.165, 1.54) is 5.01 Å². The van der Waals surface area contributed by atoms with Crippen LogP contribution in [0.5, 0.6) is 0 Å². The van der Waals surface area contributed by atoms with Crippen LogP contribution in [0.15, 0.2) is 84.0 Å². The summed E-state index contributed by atoms with van der Waals surface area (Å²) in [5.74, 6) is 0. The lowest BCUT2D eigenvalue weighted by molar-refractivity contribution is 0.210. The highest BCUT2D eigenvalue weighted by atomic mass is 35.5. The van der Waals surface area contributed by atoms with E-state index in [0.717, 1.165) is 21.7 Å². The molecule has 7 heteroatoms. The zero-order valence-electron chi connectivity index (χ0n) is 16.7. The van der Waals surface area contributed by atoms with Gasteiger partial charge in [0.15, 0.2) is 6.19 Å². The zero-order chi connectivity index (χ0) is 22.0. The number of rotatable bonds is 3. The quantitative estimate of drug-likeness (QED) is 0.360. The number of hydrazone groups is 1. The molecule has 3 aromatic carbocycles. The molecular weight excluding hydrogens is 431 g/mol. The Bertz CT molecular complexity index is 1170. The van der Waals surface area contributed by atoms with Gasteiger partial charge in [-0.2, -0.15) is 15.3 Å². The Labute approximate surface area is 190 Å². The van der Waals surface area contributed by atoms with Crippen LogP contribution in [-0.4, -0.2) is 23.3 Å². The van der Waals surface area contributed by atoms with Gasteiger partial charge >= 0.3 is 6.03 Å². The first-order valence-electron chi connectivity index (χ1n) is 9.60. The molecule has 0 radical (unpaired) electrons. The highest BCUT2D eigenvalue weighted by molar-refractivity contribution is 6.31. The molecule has 0 saturated heterocycles. The molecule has 5 nitrogen and oxygen atoms in total. The largest absolute Gasteiger partial charge is 0.358 e. The minimum atomic E-state index is -0.564. The molecule has 2 amide bonds. The molecular formula is C24H18Cl2N4O. The van der Waals surface area contributed by atoms with Crippen LogP contribution in [0.25, 0.3) is 0 Å². The van der Waals surface area contributed by atoms with Gasteiger partial charge in [-0.3, -0.25) is 0 Å². The molecule has 154 valence electrons. The number of hydrogen-bond donors (Lipinski definition) is 0. The fourth-order valence-corrected chi connectivity index (χ4v) is 3.94. The zero-order valence-corrected chi connectivity index (χ0v) is 18.2. The van der Waals surface area contributed by atoms with Crippen molar-refractivity contribution in [1.29, 1.82) is 5.26 Å². The van der Waals surface area contributed by atoms with Crippen LogP contribution in [0.2, 0.25) is 10.0 Å². The van der Waals surface area contributed by atoms with Crippen molar-refractivity contribution in [3.05, 3.63) is 100 Å². The van der Waals surface area contributed by atoms with Crippen molar-refractivity contribution in [1.82, 2.24) is 5.01 Å². The van der Waals surface area contributed by atoms with E-state index >= 15 is 0 Å². The van der Waals surface area contributed by atoms with Crippen molar-refractivity contribution in [3.8, 4) is 6.19 Å². The average Bonchev–Trinajstić information content (AvgIpc) is 3.15. The first-order chi connectivity index (χ1) is 14.9. The Hall–Kier alpha value is -3.33. The number of carbonyl (C=O) groups is 1. The topological polar surface area (TPSA) is 59.7 Å². The van der Waals surface area contributed by atoms with Crippen LogP contribution in [0, 0.1) is 11.5 Å². The lowest BCUT2D eigenvalue weighted by Gasteiger charge is -2.27. The minimum absolute atomic E-state index is 0.291. The smallest absolute Gasteiger partial charge is 0.245 e. The maximum Gasteiger partial charge on any atom is 0.358 e. The van der Waals surface area contributed by atoms with Crippen molar-refractivity contribution in [3.63, 3.8) is 0 Å². The molecule has 0 aromatic heterocycles.